The molecule has 2 atom stereocenters. The standard InChI is InChI=1S/C24H22N2O2/c1-24(18-12-14-19(27-2)15-13-18)26-22(20-10-6-7-11-23(20)28-24)16-21(25-26)17-8-4-3-5-9-17/h3-15,22H,16H2,1-2H3. The lowest BCUT2D eigenvalue weighted by atomic mass is 9.92. The lowest BCUT2D eigenvalue weighted by Crippen LogP contribution is -2.48. The van der Waals surface area contributed by atoms with Gasteiger partial charge in [0.05, 0.1) is 18.9 Å². The van der Waals surface area contributed by atoms with E-state index in [1.165, 1.54) is 5.56 Å². The molecular formula is C24H22N2O2. The van der Waals surface area contributed by atoms with Crippen molar-refractivity contribution in [3.8, 4) is 11.5 Å². The van der Waals surface area contributed by atoms with Crippen molar-refractivity contribution in [1.82, 2.24) is 5.01 Å². The van der Waals surface area contributed by atoms with Gasteiger partial charge in [-0.1, -0.05) is 48.5 Å². The van der Waals surface area contributed by atoms with Crippen LogP contribution in [-0.2, 0) is 5.72 Å². The molecule has 0 radical (unpaired) electrons. The quantitative estimate of drug-likeness (QED) is 0.642. The normalized spacial score (nSPS) is 22.7. The van der Waals surface area contributed by atoms with Crippen LogP contribution in [0.4, 0.5) is 0 Å². The zero-order valence-corrected chi connectivity index (χ0v) is 16.0. The SMILES string of the molecule is COc1ccc(C2(C)Oc3ccccc3C3CC(c4ccccc4)=NN32)cc1. The molecule has 2 aliphatic heterocycles. The van der Waals surface area contributed by atoms with Gasteiger partial charge in [-0.05, 0) is 35.9 Å². The lowest BCUT2D eigenvalue weighted by Gasteiger charge is -2.46. The maximum atomic E-state index is 6.56. The van der Waals surface area contributed by atoms with Gasteiger partial charge in [-0.3, -0.25) is 0 Å². The molecule has 0 aliphatic carbocycles. The lowest BCUT2D eigenvalue weighted by molar-refractivity contribution is -0.112. The van der Waals surface area contributed by atoms with E-state index in [1.807, 2.05) is 24.3 Å². The first-order chi connectivity index (χ1) is 13.7. The number of hydrogen-bond donors (Lipinski definition) is 0. The van der Waals surface area contributed by atoms with Crippen molar-refractivity contribution in [1.29, 1.82) is 0 Å². The highest BCUT2D eigenvalue weighted by Crippen LogP contribution is 2.50. The molecule has 0 saturated heterocycles. The van der Waals surface area contributed by atoms with Gasteiger partial charge < -0.3 is 9.47 Å². The van der Waals surface area contributed by atoms with E-state index in [-0.39, 0.29) is 6.04 Å². The Morgan fingerprint density at radius 3 is 2.43 bits per heavy atom. The van der Waals surface area contributed by atoms with Gasteiger partial charge in [0.2, 0.25) is 5.72 Å². The molecule has 0 amide bonds. The highest BCUT2D eigenvalue weighted by molar-refractivity contribution is 6.01. The van der Waals surface area contributed by atoms with Gasteiger partial charge in [0.1, 0.15) is 11.5 Å². The molecule has 2 unspecified atom stereocenters. The average molecular weight is 370 g/mol. The van der Waals surface area contributed by atoms with Crippen LogP contribution in [0.1, 0.15) is 36.1 Å². The Bertz CT molecular complexity index is 1030. The number of hydrazone groups is 1. The second-order valence-electron chi connectivity index (χ2n) is 7.33. The van der Waals surface area contributed by atoms with Crippen LogP contribution in [-0.4, -0.2) is 17.8 Å². The molecule has 140 valence electrons. The summed E-state index contributed by atoms with van der Waals surface area (Å²) in [7, 11) is 1.68. The van der Waals surface area contributed by atoms with Crippen molar-refractivity contribution in [3.63, 3.8) is 0 Å². The number of hydrogen-bond acceptors (Lipinski definition) is 4. The summed E-state index contributed by atoms with van der Waals surface area (Å²) in [5.41, 5.74) is 3.79. The second-order valence-corrected chi connectivity index (χ2v) is 7.33. The van der Waals surface area contributed by atoms with Crippen LogP contribution in [0.25, 0.3) is 0 Å². The Morgan fingerprint density at radius 1 is 0.964 bits per heavy atom. The van der Waals surface area contributed by atoms with Gasteiger partial charge in [-0.25, -0.2) is 5.01 Å². The van der Waals surface area contributed by atoms with Crippen LogP contribution in [0.2, 0.25) is 0 Å². The Morgan fingerprint density at radius 2 is 1.68 bits per heavy atom. The fourth-order valence-electron chi connectivity index (χ4n) is 4.15. The minimum atomic E-state index is -0.693. The van der Waals surface area contributed by atoms with E-state index in [2.05, 4.69) is 66.5 Å². The predicted octanol–water partition coefficient (Wildman–Crippen LogP) is 5.11. The fourth-order valence-corrected chi connectivity index (χ4v) is 4.15. The number of benzene rings is 3. The molecule has 0 spiro atoms. The molecule has 0 saturated carbocycles. The highest BCUT2D eigenvalue weighted by Gasteiger charge is 2.48. The number of rotatable bonds is 3. The summed E-state index contributed by atoms with van der Waals surface area (Å²) >= 11 is 0. The van der Waals surface area contributed by atoms with Crippen molar-refractivity contribution < 1.29 is 9.47 Å². The minimum Gasteiger partial charge on any atom is -0.497 e. The summed E-state index contributed by atoms with van der Waals surface area (Å²) in [6.07, 6.45) is 0.857. The third-order valence-corrected chi connectivity index (χ3v) is 5.67. The Labute approximate surface area is 165 Å². The minimum absolute atomic E-state index is 0.146. The van der Waals surface area contributed by atoms with Gasteiger partial charge in [0, 0.05) is 24.5 Å². The van der Waals surface area contributed by atoms with E-state index in [0.717, 1.165) is 34.8 Å². The summed E-state index contributed by atoms with van der Waals surface area (Å²) < 4.78 is 11.9. The summed E-state index contributed by atoms with van der Waals surface area (Å²) in [6, 6.07) is 26.9. The van der Waals surface area contributed by atoms with Crippen LogP contribution >= 0.6 is 0 Å². The molecule has 5 rings (SSSR count). The van der Waals surface area contributed by atoms with Crippen molar-refractivity contribution in [2.24, 2.45) is 5.10 Å². The van der Waals surface area contributed by atoms with E-state index in [1.54, 1.807) is 7.11 Å². The van der Waals surface area contributed by atoms with E-state index >= 15 is 0 Å². The molecule has 0 aromatic heterocycles. The summed E-state index contributed by atoms with van der Waals surface area (Å²) in [4.78, 5) is 0. The Balaban J connectivity index is 1.63. The van der Waals surface area contributed by atoms with Crippen LogP contribution in [0.15, 0.2) is 84.0 Å². The summed E-state index contributed by atoms with van der Waals surface area (Å²) in [5, 5.41) is 7.17. The smallest absolute Gasteiger partial charge is 0.221 e. The first-order valence-electron chi connectivity index (χ1n) is 9.54. The average Bonchev–Trinajstić information content (AvgIpc) is 3.21. The monoisotopic (exact) mass is 370 g/mol. The van der Waals surface area contributed by atoms with E-state index in [0.29, 0.717) is 0 Å². The third-order valence-electron chi connectivity index (χ3n) is 5.67. The maximum Gasteiger partial charge on any atom is 0.221 e. The molecular weight excluding hydrogens is 348 g/mol. The second kappa shape index (κ2) is 6.41. The van der Waals surface area contributed by atoms with Crippen molar-refractivity contribution in [3.05, 3.63) is 95.6 Å². The van der Waals surface area contributed by atoms with Crippen molar-refractivity contribution in [2.75, 3.05) is 7.11 Å². The number of ether oxygens (including phenoxy) is 2. The first kappa shape index (κ1) is 16.9. The van der Waals surface area contributed by atoms with Gasteiger partial charge in [0.25, 0.3) is 0 Å². The van der Waals surface area contributed by atoms with Gasteiger partial charge in [0.15, 0.2) is 0 Å². The van der Waals surface area contributed by atoms with Gasteiger partial charge in [-0.15, -0.1) is 0 Å². The van der Waals surface area contributed by atoms with Crippen LogP contribution in [0.5, 0.6) is 11.5 Å². The van der Waals surface area contributed by atoms with Gasteiger partial charge >= 0.3 is 0 Å². The van der Waals surface area contributed by atoms with Gasteiger partial charge in [-0.2, -0.15) is 5.10 Å². The Kier molecular flexibility index (Phi) is 3.86. The molecule has 2 aliphatic rings. The number of fused-ring (bicyclic) bond motifs is 3. The third kappa shape index (κ3) is 2.56. The molecule has 4 nitrogen and oxygen atoms in total. The highest BCUT2D eigenvalue weighted by atomic mass is 16.5. The summed E-state index contributed by atoms with van der Waals surface area (Å²) in [5.74, 6) is 1.75. The summed E-state index contributed by atoms with van der Waals surface area (Å²) in [6.45, 7) is 2.09. The van der Waals surface area contributed by atoms with E-state index in [4.69, 9.17) is 14.6 Å². The largest absolute Gasteiger partial charge is 0.497 e. The zero-order valence-electron chi connectivity index (χ0n) is 16.0. The van der Waals surface area contributed by atoms with Crippen LogP contribution in [0, 0.1) is 0 Å². The first-order valence-corrected chi connectivity index (χ1v) is 9.54. The molecule has 2 heterocycles. The number of methoxy groups -OCH3 is 1. The number of nitrogens with zero attached hydrogens (tertiary/aromatic N) is 2. The van der Waals surface area contributed by atoms with Crippen LogP contribution < -0.4 is 9.47 Å². The number of para-hydroxylation sites is 1. The zero-order chi connectivity index (χ0) is 19.1. The molecule has 3 aromatic rings. The topological polar surface area (TPSA) is 34.1 Å². The molecule has 0 N–H and O–H groups in total. The predicted molar refractivity (Wildman–Crippen MR) is 110 cm³/mol. The fraction of sp³-hybridized carbons (Fsp3) is 0.208. The molecule has 0 bridgehead atoms. The molecule has 0 fully saturated rings. The van der Waals surface area contributed by atoms with Crippen molar-refractivity contribution in [2.45, 2.75) is 25.1 Å². The Hall–Kier alpha value is -3.27. The molecule has 3 aromatic carbocycles. The van der Waals surface area contributed by atoms with Crippen molar-refractivity contribution >= 4 is 5.71 Å². The van der Waals surface area contributed by atoms with Crippen LogP contribution in [0.3, 0.4) is 0 Å². The maximum absolute atomic E-state index is 6.56. The van der Waals surface area contributed by atoms with E-state index in [9.17, 15) is 0 Å². The molecule has 28 heavy (non-hydrogen) atoms. The van der Waals surface area contributed by atoms with E-state index < -0.39 is 5.72 Å². The molecule has 4 heteroatoms.